The number of hydrogen-bond donors (Lipinski definition) is 3. The predicted molar refractivity (Wildman–Crippen MR) is 87.2 cm³/mol. The molecular weight excluding hydrogens is 301 g/mol. The van der Waals surface area contributed by atoms with E-state index in [-0.39, 0.29) is 0 Å². The summed E-state index contributed by atoms with van der Waals surface area (Å²) in [5, 5.41) is 20.9. The fourth-order valence-electron chi connectivity index (χ4n) is 1.72. The molecule has 8 heteroatoms. The van der Waals surface area contributed by atoms with Gasteiger partial charge < -0.3 is 29.6 Å². The van der Waals surface area contributed by atoms with Crippen LogP contribution in [0.15, 0.2) is 18.2 Å². The number of hydrogen-bond acceptors (Lipinski definition) is 6. The molecule has 1 amide bonds. The predicted octanol–water partition coefficient (Wildman–Crippen LogP) is 0.669. The monoisotopic (exact) mass is 325 g/mol. The zero-order chi connectivity index (χ0) is 17.5. The van der Waals surface area contributed by atoms with Crippen LogP contribution in [-0.4, -0.2) is 49.1 Å². The molecule has 1 aromatic rings. The highest BCUT2D eigenvalue weighted by atomic mass is 16.6. The standard InChI is InChI=1S/C15H24BNO6/c1-15(2,3)23-14(18)17-8-5-9-22-12-7-6-11(16(19)20)10-13(12)21-4/h6-7,10,19-20H,5,8-9H2,1-4H3,(H,17,18). The van der Waals surface area contributed by atoms with Gasteiger partial charge >= 0.3 is 13.2 Å². The van der Waals surface area contributed by atoms with E-state index in [1.54, 1.807) is 32.9 Å². The number of ether oxygens (including phenoxy) is 3. The summed E-state index contributed by atoms with van der Waals surface area (Å²) in [6.07, 6.45) is 0.128. The van der Waals surface area contributed by atoms with Gasteiger partial charge in [-0.2, -0.15) is 0 Å². The summed E-state index contributed by atoms with van der Waals surface area (Å²) < 4.78 is 15.8. The number of methoxy groups -OCH3 is 1. The second-order valence-electron chi connectivity index (χ2n) is 5.91. The highest BCUT2D eigenvalue weighted by molar-refractivity contribution is 6.58. The molecule has 0 radical (unpaired) electrons. The lowest BCUT2D eigenvalue weighted by Crippen LogP contribution is -2.33. The second kappa shape index (κ2) is 8.64. The molecule has 0 saturated heterocycles. The minimum absolute atomic E-state index is 0.320. The largest absolute Gasteiger partial charge is 0.493 e. The molecule has 0 heterocycles. The van der Waals surface area contributed by atoms with Crippen molar-refractivity contribution in [1.82, 2.24) is 5.32 Å². The summed E-state index contributed by atoms with van der Waals surface area (Å²) in [6, 6.07) is 4.65. The lowest BCUT2D eigenvalue weighted by molar-refractivity contribution is 0.0525. The zero-order valence-corrected chi connectivity index (χ0v) is 14.0. The quantitative estimate of drug-likeness (QED) is 0.504. The van der Waals surface area contributed by atoms with Crippen molar-refractivity contribution in [1.29, 1.82) is 0 Å². The fraction of sp³-hybridized carbons (Fsp3) is 0.533. The first-order valence-corrected chi connectivity index (χ1v) is 7.36. The summed E-state index contributed by atoms with van der Waals surface area (Å²) in [7, 11) is -0.0873. The first kappa shape index (κ1) is 19.1. The SMILES string of the molecule is COc1cc(B(O)O)ccc1OCCCNC(=O)OC(C)(C)C. The molecule has 0 aliphatic rings. The number of nitrogens with one attached hydrogen (secondary N) is 1. The average Bonchev–Trinajstić information content (AvgIpc) is 2.44. The van der Waals surface area contributed by atoms with E-state index < -0.39 is 18.8 Å². The zero-order valence-electron chi connectivity index (χ0n) is 14.0. The summed E-state index contributed by atoms with van der Waals surface area (Å²) >= 11 is 0. The summed E-state index contributed by atoms with van der Waals surface area (Å²) in [4.78, 5) is 11.5. The minimum atomic E-state index is -1.56. The number of carbonyl (C=O) groups excluding carboxylic acids is 1. The smallest absolute Gasteiger partial charge is 0.488 e. The van der Waals surface area contributed by atoms with Gasteiger partial charge in [-0.1, -0.05) is 6.07 Å². The van der Waals surface area contributed by atoms with Crippen LogP contribution >= 0.6 is 0 Å². The first-order valence-electron chi connectivity index (χ1n) is 7.36. The van der Waals surface area contributed by atoms with Crippen LogP contribution in [-0.2, 0) is 4.74 Å². The van der Waals surface area contributed by atoms with Crippen molar-refractivity contribution in [3.8, 4) is 11.5 Å². The van der Waals surface area contributed by atoms with Gasteiger partial charge in [-0.05, 0) is 44.8 Å². The Balaban J connectivity index is 2.37. The maximum absolute atomic E-state index is 11.5. The Hall–Kier alpha value is -1.93. The second-order valence-corrected chi connectivity index (χ2v) is 5.91. The molecule has 0 aliphatic heterocycles. The number of alkyl carbamates (subject to hydrolysis) is 1. The van der Waals surface area contributed by atoms with E-state index in [0.717, 1.165) is 0 Å². The molecule has 1 rings (SSSR count). The lowest BCUT2D eigenvalue weighted by Gasteiger charge is -2.19. The molecule has 0 unspecified atom stereocenters. The van der Waals surface area contributed by atoms with Crippen LogP contribution in [0.1, 0.15) is 27.2 Å². The molecule has 0 spiro atoms. The first-order chi connectivity index (χ1) is 10.7. The van der Waals surface area contributed by atoms with Gasteiger partial charge in [0.15, 0.2) is 11.5 Å². The molecule has 0 atom stereocenters. The normalized spacial score (nSPS) is 10.9. The third-order valence-electron chi connectivity index (χ3n) is 2.73. The van der Waals surface area contributed by atoms with E-state index in [1.165, 1.54) is 13.2 Å². The molecule has 0 saturated carbocycles. The van der Waals surface area contributed by atoms with Gasteiger partial charge in [0, 0.05) is 6.54 Å². The third-order valence-corrected chi connectivity index (χ3v) is 2.73. The van der Waals surface area contributed by atoms with Gasteiger partial charge in [0.2, 0.25) is 0 Å². The highest BCUT2D eigenvalue weighted by Gasteiger charge is 2.16. The van der Waals surface area contributed by atoms with Crippen molar-refractivity contribution >= 4 is 18.7 Å². The van der Waals surface area contributed by atoms with Crippen molar-refractivity contribution < 1.29 is 29.1 Å². The Bertz CT molecular complexity index is 515. The molecule has 7 nitrogen and oxygen atoms in total. The van der Waals surface area contributed by atoms with Gasteiger partial charge in [-0.3, -0.25) is 0 Å². The Morgan fingerprint density at radius 3 is 2.52 bits per heavy atom. The van der Waals surface area contributed by atoms with Gasteiger partial charge in [0.25, 0.3) is 0 Å². The van der Waals surface area contributed by atoms with Crippen molar-refractivity contribution in [3.63, 3.8) is 0 Å². The van der Waals surface area contributed by atoms with Crippen LogP contribution in [0.4, 0.5) is 4.79 Å². The molecule has 0 aromatic heterocycles. The minimum Gasteiger partial charge on any atom is -0.493 e. The van der Waals surface area contributed by atoms with Gasteiger partial charge in [0.05, 0.1) is 13.7 Å². The topological polar surface area (TPSA) is 97.3 Å². The van der Waals surface area contributed by atoms with Crippen LogP contribution in [0, 0.1) is 0 Å². The third kappa shape index (κ3) is 7.25. The Morgan fingerprint density at radius 2 is 1.96 bits per heavy atom. The summed E-state index contributed by atoms with van der Waals surface area (Å²) in [5.74, 6) is 0.907. The molecular formula is C15H24BNO6. The maximum atomic E-state index is 11.5. The van der Waals surface area contributed by atoms with Crippen LogP contribution in [0.3, 0.4) is 0 Å². The summed E-state index contributed by atoms with van der Waals surface area (Å²) in [6.45, 7) is 6.19. The molecule has 0 bridgehead atoms. The van der Waals surface area contributed by atoms with E-state index in [9.17, 15) is 4.79 Å². The number of benzene rings is 1. The Morgan fingerprint density at radius 1 is 1.26 bits per heavy atom. The number of rotatable bonds is 7. The van der Waals surface area contributed by atoms with Gasteiger partial charge in [-0.25, -0.2) is 4.79 Å². The Labute approximate surface area is 136 Å². The van der Waals surface area contributed by atoms with Crippen molar-refractivity contribution in [2.45, 2.75) is 32.8 Å². The average molecular weight is 325 g/mol. The van der Waals surface area contributed by atoms with Gasteiger partial charge in [0.1, 0.15) is 5.60 Å². The van der Waals surface area contributed by atoms with E-state index in [0.29, 0.717) is 36.5 Å². The van der Waals surface area contributed by atoms with Crippen LogP contribution < -0.4 is 20.3 Å². The van der Waals surface area contributed by atoms with E-state index in [4.69, 9.17) is 24.3 Å². The van der Waals surface area contributed by atoms with E-state index in [1.807, 2.05) is 0 Å². The fourth-order valence-corrected chi connectivity index (χ4v) is 1.72. The Kier molecular flexibility index (Phi) is 7.18. The molecule has 128 valence electrons. The molecule has 0 fully saturated rings. The van der Waals surface area contributed by atoms with E-state index >= 15 is 0 Å². The van der Waals surface area contributed by atoms with Gasteiger partial charge in [-0.15, -0.1) is 0 Å². The number of carbonyl (C=O) groups is 1. The maximum Gasteiger partial charge on any atom is 0.488 e. The van der Waals surface area contributed by atoms with Crippen LogP contribution in [0.2, 0.25) is 0 Å². The highest BCUT2D eigenvalue weighted by Crippen LogP contribution is 2.25. The van der Waals surface area contributed by atoms with Crippen molar-refractivity contribution in [2.75, 3.05) is 20.3 Å². The van der Waals surface area contributed by atoms with Crippen LogP contribution in [0.25, 0.3) is 0 Å². The number of amides is 1. The lowest BCUT2D eigenvalue weighted by atomic mass is 9.80. The molecule has 1 aromatic carbocycles. The van der Waals surface area contributed by atoms with Crippen LogP contribution in [0.5, 0.6) is 11.5 Å². The summed E-state index contributed by atoms with van der Waals surface area (Å²) in [5.41, 5.74) is -0.201. The van der Waals surface area contributed by atoms with Crippen molar-refractivity contribution in [3.05, 3.63) is 18.2 Å². The molecule has 0 aliphatic carbocycles. The van der Waals surface area contributed by atoms with E-state index in [2.05, 4.69) is 5.32 Å². The van der Waals surface area contributed by atoms with Crippen molar-refractivity contribution in [2.24, 2.45) is 0 Å². The molecule has 3 N–H and O–H groups in total. The molecule has 23 heavy (non-hydrogen) atoms.